The molecule has 0 spiro atoms. The highest BCUT2D eigenvalue weighted by Gasteiger charge is 2.37. The Balaban J connectivity index is 1.93. The molecular formula is C17H13F3N4. The number of aromatic nitrogens is 2. The standard InChI is InChI=1S/C17H13F3N4/c1-11-6-8-12(9-7-11)10-21-24-16-15(17(18,19)20)22-13-4-2-3-5-14(13)23-16/h2-10H,1H3,(H,23,24)/b21-10-. The molecule has 0 aliphatic heterocycles. The summed E-state index contributed by atoms with van der Waals surface area (Å²) >= 11 is 0. The Hall–Kier alpha value is -2.96. The van der Waals surface area contributed by atoms with E-state index in [2.05, 4.69) is 20.5 Å². The third-order valence-electron chi connectivity index (χ3n) is 3.30. The number of rotatable bonds is 3. The molecule has 0 unspecified atom stereocenters. The third-order valence-corrected chi connectivity index (χ3v) is 3.30. The van der Waals surface area contributed by atoms with Crippen LogP contribution in [0.1, 0.15) is 16.8 Å². The predicted molar refractivity (Wildman–Crippen MR) is 86.9 cm³/mol. The average Bonchev–Trinajstić information content (AvgIpc) is 2.55. The fraction of sp³-hybridized carbons (Fsp3) is 0.118. The maximum absolute atomic E-state index is 13.2. The number of para-hydroxylation sites is 2. The number of anilines is 1. The molecular weight excluding hydrogens is 317 g/mol. The van der Waals surface area contributed by atoms with E-state index >= 15 is 0 Å². The molecule has 0 bridgehead atoms. The fourth-order valence-electron chi connectivity index (χ4n) is 2.10. The Bertz CT molecular complexity index is 886. The number of nitrogens with one attached hydrogen (secondary N) is 1. The van der Waals surface area contributed by atoms with Gasteiger partial charge in [0, 0.05) is 0 Å². The number of benzene rings is 2. The van der Waals surface area contributed by atoms with Gasteiger partial charge in [-0.3, -0.25) is 5.43 Å². The maximum Gasteiger partial charge on any atom is 0.437 e. The average molecular weight is 330 g/mol. The molecule has 0 saturated carbocycles. The van der Waals surface area contributed by atoms with Crippen LogP contribution in [-0.2, 0) is 6.18 Å². The quantitative estimate of drug-likeness (QED) is 0.572. The third kappa shape index (κ3) is 3.51. The lowest BCUT2D eigenvalue weighted by molar-refractivity contribution is -0.140. The molecule has 0 aliphatic rings. The van der Waals surface area contributed by atoms with E-state index in [9.17, 15) is 13.2 Å². The molecule has 3 rings (SSSR count). The van der Waals surface area contributed by atoms with E-state index in [4.69, 9.17) is 0 Å². The first-order valence-corrected chi connectivity index (χ1v) is 7.13. The Kier molecular flexibility index (Phi) is 4.16. The largest absolute Gasteiger partial charge is 0.437 e. The van der Waals surface area contributed by atoms with E-state index in [1.54, 1.807) is 18.2 Å². The zero-order valence-corrected chi connectivity index (χ0v) is 12.7. The molecule has 122 valence electrons. The van der Waals surface area contributed by atoms with Crippen LogP contribution in [0.5, 0.6) is 0 Å². The van der Waals surface area contributed by atoms with E-state index < -0.39 is 17.7 Å². The van der Waals surface area contributed by atoms with Gasteiger partial charge in [0.25, 0.3) is 0 Å². The van der Waals surface area contributed by atoms with Crippen LogP contribution in [0.3, 0.4) is 0 Å². The van der Waals surface area contributed by atoms with E-state index in [1.165, 1.54) is 12.3 Å². The van der Waals surface area contributed by atoms with Crippen molar-refractivity contribution >= 4 is 23.1 Å². The summed E-state index contributed by atoms with van der Waals surface area (Å²) in [4.78, 5) is 7.64. The van der Waals surface area contributed by atoms with E-state index in [0.717, 1.165) is 11.1 Å². The van der Waals surface area contributed by atoms with Gasteiger partial charge < -0.3 is 0 Å². The maximum atomic E-state index is 13.2. The van der Waals surface area contributed by atoms with Crippen molar-refractivity contribution < 1.29 is 13.2 Å². The molecule has 0 atom stereocenters. The van der Waals surface area contributed by atoms with Crippen LogP contribution in [0.25, 0.3) is 11.0 Å². The van der Waals surface area contributed by atoms with E-state index in [1.807, 2.05) is 31.2 Å². The van der Waals surface area contributed by atoms with Crippen molar-refractivity contribution in [1.82, 2.24) is 9.97 Å². The molecule has 7 heteroatoms. The molecule has 1 aromatic heterocycles. The minimum Gasteiger partial charge on any atom is -0.260 e. The Morgan fingerprint density at radius 2 is 1.58 bits per heavy atom. The lowest BCUT2D eigenvalue weighted by Gasteiger charge is -2.11. The normalized spacial score (nSPS) is 12.0. The number of hydrogen-bond donors (Lipinski definition) is 1. The van der Waals surface area contributed by atoms with Gasteiger partial charge >= 0.3 is 6.18 Å². The molecule has 4 nitrogen and oxygen atoms in total. The van der Waals surface area contributed by atoms with Crippen molar-refractivity contribution in [3.05, 3.63) is 65.4 Å². The molecule has 2 aromatic carbocycles. The number of alkyl halides is 3. The van der Waals surface area contributed by atoms with Gasteiger partial charge in [-0.25, -0.2) is 9.97 Å². The first kappa shape index (κ1) is 15.9. The minimum atomic E-state index is -4.63. The first-order chi connectivity index (χ1) is 11.4. The molecule has 1 N–H and O–H groups in total. The second-order valence-corrected chi connectivity index (χ2v) is 5.19. The summed E-state index contributed by atoms with van der Waals surface area (Å²) < 4.78 is 39.5. The van der Waals surface area contributed by atoms with Crippen molar-refractivity contribution in [3.63, 3.8) is 0 Å². The number of nitrogens with zero attached hydrogens (tertiary/aromatic N) is 3. The van der Waals surface area contributed by atoms with Crippen molar-refractivity contribution in [2.45, 2.75) is 13.1 Å². The summed E-state index contributed by atoms with van der Waals surface area (Å²) in [6.45, 7) is 1.94. The van der Waals surface area contributed by atoms with Crippen molar-refractivity contribution in [3.8, 4) is 0 Å². The number of aryl methyl sites for hydroxylation is 1. The highest BCUT2D eigenvalue weighted by Crippen LogP contribution is 2.33. The topological polar surface area (TPSA) is 50.2 Å². The monoisotopic (exact) mass is 330 g/mol. The van der Waals surface area contributed by atoms with Crippen LogP contribution in [-0.4, -0.2) is 16.2 Å². The van der Waals surface area contributed by atoms with Crippen molar-refractivity contribution in [2.24, 2.45) is 5.10 Å². The first-order valence-electron chi connectivity index (χ1n) is 7.13. The Labute approximate surface area is 136 Å². The number of halogens is 3. The summed E-state index contributed by atoms with van der Waals surface area (Å²) in [5.41, 5.74) is 3.64. The predicted octanol–water partition coefficient (Wildman–Crippen LogP) is 4.40. The number of hydrogen-bond acceptors (Lipinski definition) is 4. The SMILES string of the molecule is Cc1ccc(/C=N\Nc2nc3ccccc3nc2C(F)(F)F)cc1. The second-order valence-electron chi connectivity index (χ2n) is 5.19. The smallest absolute Gasteiger partial charge is 0.260 e. The second kappa shape index (κ2) is 6.27. The van der Waals surface area contributed by atoms with Crippen molar-refractivity contribution in [2.75, 3.05) is 5.43 Å². The van der Waals surface area contributed by atoms with Gasteiger partial charge in [0.2, 0.25) is 0 Å². The van der Waals surface area contributed by atoms with Crippen LogP contribution >= 0.6 is 0 Å². The summed E-state index contributed by atoms with van der Waals surface area (Å²) in [7, 11) is 0. The molecule has 0 amide bonds. The van der Waals surface area contributed by atoms with Crippen LogP contribution in [0.4, 0.5) is 19.0 Å². The zero-order chi connectivity index (χ0) is 17.2. The van der Waals surface area contributed by atoms with E-state index in [-0.39, 0.29) is 5.52 Å². The molecule has 3 aromatic rings. The van der Waals surface area contributed by atoms with Gasteiger partial charge in [0.05, 0.1) is 17.2 Å². The van der Waals surface area contributed by atoms with Crippen LogP contribution in [0.15, 0.2) is 53.6 Å². The molecule has 0 fully saturated rings. The van der Waals surface area contributed by atoms with Crippen molar-refractivity contribution in [1.29, 1.82) is 0 Å². The molecule has 1 heterocycles. The van der Waals surface area contributed by atoms with Gasteiger partial charge in [-0.2, -0.15) is 18.3 Å². The van der Waals surface area contributed by atoms with Gasteiger partial charge in [0.1, 0.15) is 0 Å². The molecule has 0 aliphatic carbocycles. The Morgan fingerprint density at radius 3 is 2.21 bits per heavy atom. The highest BCUT2D eigenvalue weighted by molar-refractivity contribution is 5.81. The fourth-order valence-corrected chi connectivity index (χ4v) is 2.10. The summed E-state index contributed by atoms with van der Waals surface area (Å²) in [6, 6.07) is 13.8. The van der Waals surface area contributed by atoms with E-state index in [0.29, 0.717) is 5.52 Å². The number of hydrazone groups is 1. The van der Waals surface area contributed by atoms with Crippen LogP contribution < -0.4 is 5.43 Å². The van der Waals surface area contributed by atoms with Crippen LogP contribution in [0.2, 0.25) is 0 Å². The molecule has 0 saturated heterocycles. The van der Waals surface area contributed by atoms with Gasteiger partial charge in [-0.15, -0.1) is 0 Å². The van der Waals surface area contributed by atoms with Crippen LogP contribution in [0, 0.1) is 6.92 Å². The highest BCUT2D eigenvalue weighted by atomic mass is 19.4. The summed E-state index contributed by atoms with van der Waals surface area (Å²) in [6.07, 6.45) is -3.20. The van der Waals surface area contributed by atoms with Gasteiger partial charge in [-0.1, -0.05) is 42.0 Å². The minimum absolute atomic E-state index is 0.179. The molecule has 0 radical (unpaired) electrons. The molecule has 24 heavy (non-hydrogen) atoms. The lowest BCUT2D eigenvalue weighted by Crippen LogP contribution is -2.13. The summed E-state index contributed by atoms with van der Waals surface area (Å²) in [5, 5.41) is 3.84. The summed E-state index contributed by atoms with van der Waals surface area (Å²) in [5.74, 6) is -0.426. The Morgan fingerprint density at radius 1 is 0.958 bits per heavy atom. The number of fused-ring (bicyclic) bond motifs is 1. The van der Waals surface area contributed by atoms with Gasteiger partial charge in [-0.05, 0) is 24.6 Å². The zero-order valence-electron chi connectivity index (χ0n) is 12.7. The van der Waals surface area contributed by atoms with Gasteiger partial charge in [0.15, 0.2) is 11.5 Å². The lowest BCUT2D eigenvalue weighted by atomic mass is 10.2.